The van der Waals surface area contributed by atoms with Crippen LogP contribution in [0.3, 0.4) is 0 Å². The summed E-state index contributed by atoms with van der Waals surface area (Å²) in [6, 6.07) is 14.0. The van der Waals surface area contributed by atoms with E-state index in [-0.39, 0.29) is 5.69 Å². The minimum absolute atomic E-state index is 0.204. The van der Waals surface area contributed by atoms with E-state index < -0.39 is 17.7 Å². The van der Waals surface area contributed by atoms with Crippen molar-refractivity contribution >= 4 is 22.4 Å². The molecule has 0 saturated carbocycles. The van der Waals surface area contributed by atoms with Crippen molar-refractivity contribution in [2.24, 2.45) is 0 Å². The second-order valence-corrected chi connectivity index (χ2v) is 5.94. The molecule has 0 aliphatic rings. The lowest BCUT2D eigenvalue weighted by Crippen LogP contribution is -2.17. The number of aryl methyl sites for hydroxylation is 1. The first-order valence-electron chi connectivity index (χ1n) is 7.69. The molecule has 0 saturated heterocycles. The van der Waals surface area contributed by atoms with Gasteiger partial charge in [0.15, 0.2) is 0 Å². The molecule has 25 heavy (non-hydrogen) atoms. The molecule has 128 valence electrons. The number of rotatable bonds is 2. The maximum atomic E-state index is 13.4. The molecule has 0 N–H and O–H groups in total. The summed E-state index contributed by atoms with van der Waals surface area (Å²) < 4.78 is 41.4. The van der Waals surface area contributed by atoms with Gasteiger partial charge in [-0.05, 0) is 18.6 Å². The summed E-state index contributed by atoms with van der Waals surface area (Å²) in [5.41, 5.74) is 1.18. The van der Waals surface area contributed by atoms with Gasteiger partial charge >= 0.3 is 6.18 Å². The van der Waals surface area contributed by atoms with Gasteiger partial charge in [0.25, 0.3) is 0 Å². The van der Waals surface area contributed by atoms with Crippen LogP contribution in [0.25, 0.3) is 27.6 Å². The van der Waals surface area contributed by atoms with Crippen LogP contribution in [0.4, 0.5) is 13.2 Å². The topological polar surface area (TPSA) is 22.0 Å². The van der Waals surface area contributed by atoms with Gasteiger partial charge in [0.1, 0.15) is 0 Å². The lowest BCUT2D eigenvalue weighted by Gasteiger charge is -2.15. The first kappa shape index (κ1) is 17.0. The molecule has 0 spiro atoms. The van der Waals surface area contributed by atoms with E-state index in [0.717, 1.165) is 10.1 Å². The molecule has 0 atom stereocenters. The third-order valence-corrected chi connectivity index (χ3v) is 4.16. The highest BCUT2D eigenvalue weighted by Gasteiger charge is 2.38. The zero-order valence-corrected chi connectivity index (χ0v) is 13.8. The molecule has 0 unspecified atom stereocenters. The van der Waals surface area contributed by atoms with Crippen molar-refractivity contribution in [3.8, 4) is 11.1 Å². The number of carbonyl (C=O) groups is 1. The smallest absolute Gasteiger partial charge is 0.279 e. The number of alkyl halides is 3. The van der Waals surface area contributed by atoms with E-state index in [4.69, 9.17) is 0 Å². The van der Waals surface area contributed by atoms with Crippen molar-refractivity contribution in [1.29, 1.82) is 0 Å². The fourth-order valence-corrected chi connectivity index (χ4v) is 3.00. The van der Waals surface area contributed by atoms with Gasteiger partial charge in [0.05, 0.1) is 16.8 Å². The monoisotopic (exact) mass is 343 g/mol. The number of halogens is 3. The molecular formula is C20H16F3NO. The van der Waals surface area contributed by atoms with Crippen LogP contribution >= 0.6 is 0 Å². The van der Waals surface area contributed by atoms with Crippen LogP contribution in [0, 0.1) is 6.92 Å². The van der Waals surface area contributed by atoms with Crippen LogP contribution < -0.4 is 0 Å². The molecule has 0 aliphatic heterocycles. The second kappa shape index (κ2) is 5.92. The highest BCUT2D eigenvalue weighted by Crippen LogP contribution is 2.43. The van der Waals surface area contributed by atoms with E-state index in [1.807, 2.05) is 19.1 Å². The molecule has 2 nitrogen and oxygen atoms in total. The predicted molar refractivity (Wildman–Crippen MR) is 93.5 cm³/mol. The van der Waals surface area contributed by atoms with Gasteiger partial charge in [-0.3, -0.25) is 9.36 Å². The molecule has 1 heterocycles. The van der Waals surface area contributed by atoms with Gasteiger partial charge < -0.3 is 0 Å². The van der Waals surface area contributed by atoms with Gasteiger partial charge in [-0.2, -0.15) is 13.2 Å². The summed E-state index contributed by atoms with van der Waals surface area (Å²) in [7, 11) is 0. The predicted octanol–water partition coefficient (Wildman–Crippen LogP) is 5.85. The number of carbonyl (C=O) groups excluding carboxylic acids is 1. The van der Waals surface area contributed by atoms with Crippen LogP contribution in [0.15, 0.2) is 55.1 Å². The molecule has 1 aromatic heterocycles. The number of para-hydroxylation sites is 1. The van der Waals surface area contributed by atoms with E-state index in [1.54, 1.807) is 36.4 Å². The van der Waals surface area contributed by atoms with Gasteiger partial charge in [-0.25, -0.2) is 0 Å². The summed E-state index contributed by atoms with van der Waals surface area (Å²) in [5.74, 6) is -0.491. The Bertz CT molecular complexity index is 979. The standard InChI is InChI=1S/C20H16F3NO/c1-12-8-10-15(11-9-12)18-16-6-4-5-7-17(16)24(14(3)25)19(18)13(2)20(21,22)23/h4-11H,2H2,1,3H3. The summed E-state index contributed by atoms with van der Waals surface area (Å²) >= 11 is 0. The number of nitrogens with zero attached hydrogens (tertiary/aromatic N) is 1. The number of aromatic nitrogens is 1. The Morgan fingerprint density at radius 1 is 1.04 bits per heavy atom. The lowest BCUT2D eigenvalue weighted by molar-refractivity contribution is -0.0689. The van der Waals surface area contributed by atoms with E-state index in [2.05, 4.69) is 6.58 Å². The average Bonchev–Trinajstić information content (AvgIpc) is 2.89. The maximum Gasteiger partial charge on any atom is 0.417 e. The molecule has 3 aromatic rings. The van der Waals surface area contributed by atoms with Crippen LogP contribution in [-0.4, -0.2) is 16.7 Å². The van der Waals surface area contributed by atoms with Crippen LogP contribution in [0.1, 0.15) is 23.0 Å². The average molecular weight is 343 g/mol. The van der Waals surface area contributed by atoms with Crippen LogP contribution in [0.5, 0.6) is 0 Å². The molecule has 0 aliphatic carbocycles. The molecule has 3 rings (SSSR count). The Morgan fingerprint density at radius 2 is 1.64 bits per heavy atom. The zero-order chi connectivity index (χ0) is 18.4. The summed E-state index contributed by atoms with van der Waals surface area (Å²) in [4.78, 5) is 12.2. The molecule has 0 fully saturated rings. The number of benzene rings is 2. The van der Waals surface area contributed by atoms with Gasteiger partial charge in [-0.15, -0.1) is 0 Å². The largest absolute Gasteiger partial charge is 0.417 e. The third-order valence-electron chi connectivity index (χ3n) is 4.16. The molecular weight excluding hydrogens is 327 g/mol. The van der Waals surface area contributed by atoms with Crippen LogP contribution in [-0.2, 0) is 0 Å². The molecule has 0 radical (unpaired) electrons. The van der Waals surface area contributed by atoms with Crippen LogP contribution in [0.2, 0.25) is 0 Å². The van der Waals surface area contributed by atoms with Crippen molar-refractivity contribution in [2.75, 3.05) is 0 Å². The van der Waals surface area contributed by atoms with Crippen molar-refractivity contribution in [3.63, 3.8) is 0 Å². The molecule has 0 amide bonds. The number of hydrogen-bond acceptors (Lipinski definition) is 1. The third kappa shape index (κ3) is 2.86. The number of hydrogen-bond donors (Lipinski definition) is 0. The number of fused-ring (bicyclic) bond motifs is 1. The van der Waals surface area contributed by atoms with Gasteiger partial charge in [0.2, 0.25) is 5.91 Å². The van der Waals surface area contributed by atoms with E-state index in [0.29, 0.717) is 22.0 Å². The second-order valence-electron chi connectivity index (χ2n) is 5.94. The minimum Gasteiger partial charge on any atom is -0.279 e. The first-order chi connectivity index (χ1) is 11.7. The molecule has 2 aromatic carbocycles. The molecule has 0 bridgehead atoms. The van der Waals surface area contributed by atoms with Crippen molar-refractivity contribution in [1.82, 2.24) is 4.57 Å². The maximum absolute atomic E-state index is 13.4. The fourth-order valence-electron chi connectivity index (χ4n) is 3.00. The normalized spacial score (nSPS) is 11.7. The van der Waals surface area contributed by atoms with Gasteiger partial charge in [-0.1, -0.05) is 54.6 Å². The van der Waals surface area contributed by atoms with E-state index >= 15 is 0 Å². The molecule has 5 heteroatoms. The van der Waals surface area contributed by atoms with Gasteiger partial charge in [0, 0.05) is 17.9 Å². The van der Waals surface area contributed by atoms with Crippen molar-refractivity contribution in [3.05, 3.63) is 66.4 Å². The minimum atomic E-state index is -4.64. The summed E-state index contributed by atoms with van der Waals surface area (Å²) in [5, 5.41) is 0.585. The first-order valence-corrected chi connectivity index (χ1v) is 7.69. The highest BCUT2D eigenvalue weighted by molar-refractivity contribution is 6.07. The number of allylic oxidation sites excluding steroid dienone is 1. The Hall–Kier alpha value is -2.82. The Labute approximate surface area is 143 Å². The van der Waals surface area contributed by atoms with Crippen molar-refractivity contribution < 1.29 is 18.0 Å². The van der Waals surface area contributed by atoms with E-state index in [1.165, 1.54) is 6.92 Å². The zero-order valence-electron chi connectivity index (χ0n) is 13.8. The SMILES string of the molecule is C=C(c1c(-c2ccc(C)cc2)c2ccccc2n1C(C)=O)C(F)(F)F. The summed E-state index contributed by atoms with van der Waals surface area (Å²) in [6.07, 6.45) is -4.64. The highest BCUT2D eigenvalue weighted by atomic mass is 19.4. The lowest BCUT2D eigenvalue weighted by atomic mass is 9.98. The Kier molecular flexibility index (Phi) is 4.03. The summed E-state index contributed by atoms with van der Waals surface area (Å²) in [6.45, 7) is 6.39. The Balaban J connectivity index is 2.47. The van der Waals surface area contributed by atoms with E-state index in [9.17, 15) is 18.0 Å². The van der Waals surface area contributed by atoms with Crippen molar-refractivity contribution in [2.45, 2.75) is 20.0 Å². The quantitative estimate of drug-likeness (QED) is 0.572. The Morgan fingerprint density at radius 3 is 2.20 bits per heavy atom. The fraction of sp³-hybridized carbons (Fsp3) is 0.150.